The number of nitrogens with one attached hydrogen (secondary N) is 1. The summed E-state index contributed by atoms with van der Waals surface area (Å²) in [5.41, 5.74) is 1.43. The van der Waals surface area contributed by atoms with E-state index >= 15 is 0 Å². The first-order valence-electron chi connectivity index (χ1n) is 7.70. The molecule has 1 amide bonds. The zero-order valence-corrected chi connectivity index (χ0v) is 15.6. The summed E-state index contributed by atoms with van der Waals surface area (Å²) in [4.78, 5) is 22.9. The molecule has 0 aliphatic heterocycles. The van der Waals surface area contributed by atoms with E-state index in [9.17, 15) is 14.9 Å². The van der Waals surface area contributed by atoms with E-state index < -0.39 is 4.92 Å². The highest BCUT2D eigenvalue weighted by Gasteiger charge is 2.17. The van der Waals surface area contributed by atoms with Crippen molar-refractivity contribution in [3.8, 4) is 0 Å². The Labute approximate surface area is 158 Å². The molecule has 5 nitrogen and oxygen atoms in total. The summed E-state index contributed by atoms with van der Waals surface area (Å²) in [5, 5.41) is 16.0. The summed E-state index contributed by atoms with van der Waals surface area (Å²) < 4.78 is 0.550. The van der Waals surface area contributed by atoms with Gasteiger partial charge in [-0.15, -0.1) is 0 Å². The highest BCUT2D eigenvalue weighted by atomic mass is 127. The third kappa shape index (κ3) is 3.63. The average Bonchev–Trinajstić information content (AvgIpc) is 2.60. The van der Waals surface area contributed by atoms with Crippen LogP contribution >= 0.6 is 22.6 Å². The fourth-order valence-corrected chi connectivity index (χ4v) is 3.53. The third-order valence-electron chi connectivity index (χ3n) is 4.05. The summed E-state index contributed by atoms with van der Waals surface area (Å²) in [6.45, 7) is 1.93. The third-order valence-corrected chi connectivity index (χ3v) is 4.94. The van der Waals surface area contributed by atoms with Crippen molar-refractivity contribution in [2.45, 2.75) is 13.0 Å². The van der Waals surface area contributed by atoms with Gasteiger partial charge in [-0.1, -0.05) is 42.5 Å². The van der Waals surface area contributed by atoms with Gasteiger partial charge in [-0.2, -0.15) is 0 Å². The van der Waals surface area contributed by atoms with Crippen LogP contribution in [0.25, 0.3) is 10.8 Å². The molecular weight excluding hydrogens is 431 g/mol. The average molecular weight is 446 g/mol. The molecule has 0 saturated carbocycles. The van der Waals surface area contributed by atoms with E-state index in [2.05, 4.69) is 5.32 Å². The van der Waals surface area contributed by atoms with E-state index in [1.54, 1.807) is 0 Å². The number of fused-ring (bicyclic) bond motifs is 1. The quantitative estimate of drug-likeness (QED) is 0.354. The van der Waals surface area contributed by atoms with Crippen molar-refractivity contribution in [1.82, 2.24) is 5.32 Å². The van der Waals surface area contributed by atoms with Crippen LogP contribution in [0.15, 0.2) is 60.7 Å². The molecule has 6 heteroatoms. The van der Waals surface area contributed by atoms with E-state index in [1.807, 2.05) is 72.0 Å². The molecule has 1 atom stereocenters. The molecule has 0 saturated heterocycles. The van der Waals surface area contributed by atoms with Gasteiger partial charge in [-0.25, -0.2) is 0 Å². The van der Waals surface area contributed by atoms with Gasteiger partial charge in [0.1, 0.15) is 0 Å². The van der Waals surface area contributed by atoms with E-state index in [-0.39, 0.29) is 17.6 Å². The molecule has 1 N–H and O–H groups in total. The van der Waals surface area contributed by atoms with Crippen LogP contribution in [0.2, 0.25) is 0 Å². The van der Waals surface area contributed by atoms with Gasteiger partial charge in [0.05, 0.1) is 16.5 Å². The van der Waals surface area contributed by atoms with Crippen molar-refractivity contribution in [3.63, 3.8) is 0 Å². The van der Waals surface area contributed by atoms with Gasteiger partial charge in [0, 0.05) is 15.7 Å². The first-order valence-corrected chi connectivity index (χ1v) is 8.77. The fourth-order valence-electron chi connectivity index (χ4n) is 2.78. The predicted octanol–water partition coefficient (Wildman–Crippen LogP) is 4.84. The first kappa shape index (κ1) is 17.3. The van der Waals surface area contributed by atoms with Crippen LogP contribution in [-0.4, -0.2) is 10.8 Å². The van der Waals surface area contributed by atoms with E-state index in [0.29, 0.717) is 9.13 Å². The maximum Gasteiger partial charge on any atom is 0.270 e. The smallest absolute Gasteiger partial charge is 0.270 e. The Hall–Kier alpha value is -2.48. The fraction of sp³-hybridized carbons (Fsp3) is 0.105. The Morgan fingerprint density at radius 3 is 2.56 bits per heavy atom. The van der Waals surface area contributed by atoms with Crippen molar-refractivity contribution in [2.75, 3.05) is 0 Å². The molecular formula is C19H15IN2O3. The summed E-state index contributed by atoms with van der Waals surface area (Å²) in [7, 11) is 0. The Morgan fingerprint density at radius 2 is 1.84 bits per heavy atom. The number of non-ortho nitro benzene ring substituents is 1. The lowest BCUT2D eigenvalue weighted by molar-refractivity contribution is -0.384. The largest absolute Gasteiger partial charge is 0.345 e. The van der Waals surface area contributed by atoms with E-state index in [4.69, 9.17) is 0 Å². The number of carbonyl (C=O) groups is 1. The maximum absolute atomic E-state index is 12.6. The second-order valence-corrected chi connectivity index (χ2v) is 6.85. The lowest BCUT2D eigenvalue weighted by Gasteiger charge is -2.17. The van der Waals surface area contributed by atoms with Crippen molar-refractivity contribution in [3.05, 3.63) is 85.5 Å². The number of benzene rings is 3. The predicted molar refractivity (Wildman–Crippen MR) is 106 cm³/mol. The number of nitro benzene ring substituents is 1. The van der Waals surface area contributed by atoms with Gasteiger partial charge >= 0.3 is 0 Å². The molecule has 126 valence electrons. The van der Waals surface area contributed by atoms with E-state index in [1.165, 1.54) is 18.2 Å². The van der Waals surface area contributed by atoms with Crippen LogP contribution in [0, 0.1) is 13.7 Å². The monoisotopic (exact) mass is 446 g/mol. The van der Waals surface area contributed by atoms with Crippen LogP contribution < -0.4 is 5.32 Å². The molecule has 25 heavy (non-hydrogen) atoms. The number of rotatable bonds is 4. The molecule has 0 spiro atoms. The number of carbonyl (C=O) groups excluding carboxylic acids is 1. The minimum Gasteiger partial charge on any atom is -0.345 e. The summed E-state index contributed by atoms with van der Waals surface area (Å²) in [5.74, 6) is -0.250. The zero-order valence-electron chi connectivity index (χ0n) is 13.4. The normalized spacial score (nSPS) is 11.9. The molecule has 0 aliphatic rings. The number of nitrogens with zero attached hydrogens (tertiary/aromatic N) is 1. The lowest BCUT2D eigenvalue weighted by atomic mass is 9.99. The molecule has 3 aromatic rings. The Kier molecular flexibility index (Phi) is 4.98. The van der Waals surface area contributed by atoms with E-state index in [0.717, 1.165) is 16.3 Å². The molecule has 0 aliphatic carbocycles. The van der Waals surface area contributed by atoms with Gasteiger partial charge in [-0.3, -0.25) is 14.9 Å². The molecule has 3 aromatic carbocycles. The summed E-state index contributed by atoms with van der Waals surface area (Å²) in [6, 6.07) is 18.1. The molecule has 0 aromatic heterocycles. The van der Waals surface area contributed by atoms with Crippen LogP contribution in [-0.2, 0) is 0 Å². The van der Waals surface area contributed by atoms with Gasteiger partial charge in [0.2, 0.25) is 0 Å². The van der Waals surface area contributed by atoms with Crippen molar-refractivity contribution in [1.29, 1.82) is 0 Å². The second kappa shape index (κ2) is 7.18. The second-order valence-electron chi connectivity index (χ2n) is 5.68. The van der Waals surface area contributed by atoms with Crippen molar-refractivity contribution >= 4 is 45.0 Å². The number of nitro groups is 1. The van der Waals surface area contributed by atoms with Crippen LogP contribution in [0.1, 0.15) is 28.9 Å². The molecule has 1 unspecified atom stereocenters. The summed E-state index contributed by atoms with van der Waals surface area (Å²) in [6.07, 6.45) is 0. The van der Waals surface area contributed by atoms with Crippen LogP contribution in [0.5, 0.6) is 0 Å². The molecule has 0 bridgehead atoms. The van der Waals surface area contributed by atoms with Crippen molar-refractivity contribution < 1.29 is 9.72 Å². The Morgan fingerprint density at radius 1 is 1.12 bits per heavy atom. The first-order chi connectivity index (χ1) is 12.0. The zero-order chi connectivity index (χ0) is 18.0. The maximum atomic E-state index is 12.6. The Bertz CT molecular complexity index is 967. The molecule has 3 rings (SSSR count). The minimum absolute atomic E-state index is 0.0250. The topological polar surface area (TPSA) is 72.2 Å². The standard InChI is InChI=1S/C19H15IN2O3/c1-12(15-8-4-6-13-5-2-3-7-16(13)15)21-19(23)17-10-9-14(22(24)25)11-18(17)20/h2-12H,1H3,(H,21,23). The number of hydrogen-bond donors (Lipinski definition) is 1. The minimum atomic E-state index is -0.470. The van der Waals surface area contributed by atoms with Gasteiger partial charge in [0.15, 0.2) is 0 Å². The number of halogens is 1. The lowest BCUT2D eigenvalue weighted by Crippen LogP contribution is -2.27. The van der Waals surface area contributed by atoms with Gasteiger partial charge in [0.25, 0.3) is 11.6 Å². The summed E-state index contributed by atoms with van der Waals surface area (Å²) >= 11 is 1.94. The Balaban J connectivity index is 1.86. The van der Waals surface area contributed by atoms with Gasteiger partial charge in [-0.05, 0) is 51.9 Å². The van der Waals surface area contributed by atoms with Crippen LogP contribution in [0.4, 0.5) is 5.69 Å². The number of amides is 1. The highest BCUT2D eigenvalue weighted by molar-refractivity contribution is 14.1. The molecule has 0 fully saturated rings. The van der Waals surface area contributed by atoms with Crippen LogP contribution in [0.3, 0.4) is 0 Å². The van der Waals surface area contributed by atoms with Gasteiger partial charge < -0.3 is 5.32 Å². The number of hydrogen-bond acceptors (Lipinski definition) is 3. The highest BCUT2D eigenvalue weighted by Crippen LogP contribution is 2.25. The SMILES string of the molecule is CC(NC(=O)c1ccc([N+](=O)[O-])cc1I)c1cccc2ccccc12. The molecule has 0 radical (unpaired) electrons. The van der Waals surface area contributed by atoms with Crippen molar-refractivity contribution in [2.24, 2.45) is 0 Å². The molecule has 0 heterocycles.